The molecular weight excluding hydrogens is 278 g/mol. The summed E-state index contributed by atoms with van der Waals surface area (Å²) in [6.45, 7) is 2.13. The molecule has 110 valence electrons. The molecule has 1 N–H and O–H groups in total. The highest BCUT2D eigenvalue weighted by Crippen LogP contribution is 2.34. The minimum atomic E-state index is 0.571. The molecule has 0 saturated heterocycles. The molecule has 0 amide bonds. The highest BCUT2D eigenvalue weighted by atomic mass is 35.5. The first kappa shape index (κ1) is 14.5. The first-order valence-corrected chi connectivity index (χ1v) is 8.18. The maximum absolute atomic E-state index is 6.10. The average Bonchev–Trinajstić information content (AvgIpc) is 2.53. The summed E-state index contributed by atoms with van der Waals surface area (Å²) < 4.78 is 0. The lowest BCUT2D eigenvalue weighted by atomic mass is 9.81. The van der Waals surface area contributed by atoms with Crippen LogP contribution in [0.25, 0.3) is 0 Å². The zero-order valence-corrected chi connectivity index (χ0v) is 13.2. The third-order valence-electron chi connectivity index (χ3n) is 4.56. The van der Waals surface area contributed by atoms with E-state index in [1.54, 1.807) is 0 Å². The Morgan fingerprint density at radius 2 is 1.67 bits per heavy atom. The third-order valence-corrected chi connectivity index (χ3v) is 4.79. The summed E-state index contributed by atoms with van der Waals surface area (Å²) >= 11 is 6.10. The van der Waals surface area contributed by atoms with E-state index in [4.69, 9.17) is 11.6 Å². The second kappa shape index (κ2) is 6.53. The van der Waals surface area contributed by atoms with Gasteiger partial charge in [0.15, 0.2) is 0 Å². The Morgan fingerprint density at radius 3 is 2.38 bits per heavy atom. The van der Waals surface area contributed by atoms with E-state index in [-0.39, 0.29) is 0 Å². The van der Waals surface area contributed by atoms with E-state index in [9.17, 15) is 0 Å². The zero-order valence-electron chi connectivity index (χ0n) is 12.5. The van der Waals surface area contributed by atoms with Crippen molar-refractivity contribution in [2.45, 2.75) is 44.6 Å². The third kappa shape index (κ3) is 3.59. The molecule has 3 rings (SSSR count). The quantitative estimate of drug-likeness (QED) is 0.756. The molecule has 1 nitrogen and oxygen atoms in total. The van der Waals surface area contributed by atoms with Gasteiger partial charge in [0, 0.05) is 16.8 Å². The van der Waals surface area contributed by atoms with E-state index in [2.05, 4.69) is 48.6 Å². The van der Waals surface area contributed by atoms with Gasteiger partial charge in [-0.05, 0) is 61.8 Å². The highest BCUT2D eigenvalue weighted by molar-refractivity contribution is 6.30. The van der Waals surface area contributed by atoms with Crippen molar-refractivity contribution in [1.29, 1.82) is 0 Å². The lowest BCUT2D eigenvalue weighted by Crippen LogP contribution is -2.25. The number of nitrogens with one attached hydrogen (secondary N) is 1. The number of hydrogen-bond acceptors (Lipinski definition) is 1. The molecule has 1 fully saturated rings. The maximum atomic E-state index is 6.10. The lowest BCUT2D eigenvalue weighted by molar-refractivity contribution is 0.412. The predicted molar refractivity (Wildman–Crippen MR) is 91.3 cm³/mol. The van der Waals surface area contributed by atoms with Gasteiger partial charge in [0.2, 0.25) is 0 Å². The minimum Gasteiger partial charge on any atom is -0.382 e. The van der Waals surface area contributed by atoms with Gasteiger partial charge in [-0.25, -0.2) is 0 Å². The summed E-state index contributed by atoms with van der Waals surface area (Å²) in [5.74, 6) is 0.727. The van der Waals surface area contributed by atoms with E-state index >= 15 is 0 Å². The average molecular weight is 300 g/mol. The molecule has 1 saturated carbocycles. The van der Waals surface area contributed by atoms with Gasteiger partial charge in [-0.1, -0.05) is 48.0 Å². The van der Waals surface area contributed by atoms with Gasteiger partial charge in [-0.3, -0.25) is 0 Å². The number of halogens is 1. The van der Waals surface area contributed by atoms with Crippen LogP contribution in [0.5, 0.6) is 0 Å². The molecule has 1 aliphatic rings. The van der Waals surface area contributed by atoms with Crippen molar-refractivity contribution in [1.82, 2.24) is 0 Å². The van der Waals surface area contributed by atoms with E-state index < -0.39 is 0 Å². The minimum absolute atomic E-state index is 0.571. The molecule has 2 aromatic rings. The monoisotopic (exact) mass is 299 g/mol. The molecule has 0 atom stereocenters. The van der Waals surface area contributed by atoms with Crippen molar-refractivity contribution >= 4 is 17.3 Å². The standard InChI is InChI=1S/C19H22ClN/c1-14-7-10-17(20)13-19(14)21-18-11-8-16(9-12-18)15-5-3-2-4-6-15/h2-7,10,13,16,18,21H,8-9,11-12H2,1H3. The molecule has 0 heterocycles. The van der Waals surface area contributed by atoms with Crippen LogP contribution < -0.4 is 5.32 Å². The first-order valence-electron chi connectivity index (χ1n) is 7.80. The van der Waals surface area contributed by atoms with Crippen LogP contribution in [0.2, 0.25) is 5.02 Å². The number of aryl methyl sites for hydroxylation is 1. The molecule has 0 unspecified atom stereocenters. The maximum Gasteiger partial charge on any atom is 0.0426 e. The van der Waals surface area contributed by atoms with Gasteiger partial charge in [-0.15, -0.1) is 0 Å². The molecule has 1 aliphatic carbocycles. The zero-order chi connectivity index (χ0) is 14.7. The fourth-order valence-electron chi connectivity index (χ4n) is 3.27. The van der Waals surface area contributed by atoms with Crippen molar-refractivity contribution in [2.24, 2.45) is 0 Å². The van der Waals surface area contributed by atoms with Gasteiger partial charge in [-0.2, -0.15) is 0 Å². The molecule has 21 heavy (non-hydrogen) atoms. The second-order valence-electron chi connectivity index (χ2n) is 6.06. The predicted octanol–water partition coefficient (Wildman–Crippen LogP) is 5.79. The summed E-state index contributed by atoms with van der Waals surface area (Å²) in [5.41, 5.74) is 3.95. The summed E-state index contributed by atoms with van der Waals surface area (Å²) in [4.78, 5) is 0. The lowest BCUT2D eigenvalue weighted by Gasteiger charge is -2.30. The molecule has 2 heteroatoms. The summed E-state index contributed by atoms with van der Waals surface area (Å²) in [7, 11) is 0. The molecule has 0 spiro atoms. The molecular formula is C19H22ClN. The van der Waals surface area contributed by atoms with Crippen LogP contribution in [0.4, 0.5) is 5.69 Å². The summed E-state index contributed by atoms with van der Waals surface area (Å²) in [5, 5.41) is 4.48. The summed E-state index contributed by atoms with van der Waals surface area (Å²) in [6.07, 6.45) is 4.99. The largest absolute Gasteiger partial charge is 0.382 e. The summed E-state index contributed by atoms with van der Waals surface area (Å²) in [6, 6.07) is 17.6. The van der Waals surface area contributed by atoms with Crippen LogP contribution in [0.15, 0.2) is 48.5 Å². The van der Waals surface area contributed by atoms with Crippen LogP contribution in [0.1, 0.15) is 42.7 Å². The Bertz CT molecular complexity index is 586. The van der Waals surface area contributed by atoms with Gasteiger partial charge in [0.25, 0.3) is 0 Å². The Hall–Kier alpha value is -1.47. The fourth-order valence-corrected chi connectivity index (χ4v) is 3.44. The molecule has 0 bridgehead atoms. The normalized spacial score (nSPS) is 22.0. The molecule has 2 aromatic carbocycles. The van der Waals surface area contributed by atoms with Crippen molar-refractivity contribution in [3.63, 3.8) is 0 Å². The number of rotatable bonds is 3. The topological polar surface area (TPSA) is 12.0 Å². The van der Waals surface area contributed by atoms with Crippen molar-refractivity contribution in [3.8, 4) is 0 Å². The number of anilines is 1. The van der Waals surface area contributed by atoms with Gasteiger partial charge >= 0.3 is 0 Å². The highest BCUT2D eigenvalue weighted by Gasteiger charge is 2.22. The molecule has 0 aromatic heterocycles. The molecule has 0 aliphatic heterocycles. The van der Waals surface area contributed by atoms with Crippen molar-refractivity contribution in [2.75, 3.05) is 5.32 Å². The van der Waals surface area contributed by atoms with E-state index in [1.807, 2.05) is 12.1 Å². The van der Waals surface area contributed by atoms with Crippen LogP contribution in [0, 0.1) is 6.92 Å². The van der Waals surface area contributed by atoms with Crippen molar-refractivity contribution in [3.05, 3.63) is 64.7 Å². The van der Waals surface area contributed by atoms with Gasteiger partial charge < -0.3 is 5.32 Å². The van der Waals surface area contributed by atoms with Crippen LogP contribution in [-0.4, -0.2) is 6.04 Å². The van der Waals surface area contributed by atoms with Gasteiger partial charge in [0.05, 0.1) is 0 Å². The Kier molecular flexibility index (Phi) is 4.50. The SMILES string of the molecule is Cc1ccc(Cl)cc1NC1CCC(c2ccccc2)CC1. The fraction of sp³-hybridized carbons (Fsp3) is 0.368. The van der Waals surface area contributed by atoms with Crippen LogP contribution in [0.3, 0.4) is 0 Å². The van der Waals surface area contributed by atoms with E-state index in [0.29, 0.717) is 6.04 Å². The Labute approximate surface area is 132 Å². The first-order chi connectivity index (χ1) is 10.2. The number of hydrogen-bond donors (Lipinski definition) is 1. The smallest absolute Gasteiger partial charge is 0.0426 e. The van der Waals surface area contributed by atoms with Crippen LogP contribution >= 0.6 is 11.6 Å². The number of benzene rings is 2. The van der Waals surface area contributed by atoms with Gasteiger partial charge in [0.1, 0.15) is 0 Å². The second-order valence-corrected chi connectivity index (χ2v) is 6.50. The van der Waals surface area contributed by atoms with Crippen LogP contribution in [-0.2, 0) is 0 Å². The Balaban J connectivity index is 1.60. The molecule has 0 radical (unpaired) electrons. The van der Waals surface area contributed by atoms with E-state index in [0.717, 1.165) is 10.9 Å². The Morgan fingerprint density at radius 1 is 0.952 bits per heavy atom. The van der Waals surface area contributed by atoms with E-state index in [1.165, 1.54) is 42.5 Å². The van der Waals surface area contributed by atoms with Crippen molar-refractivity contribution < 1.29 is 0 Å².